The second-order valence-electron chi connectivity index (χ2n) is 4.93. The summed E-state index contributed by atoms with van der Waals surface area (Å²) >= 11 is 1.82. The highest BCUT2D eigenvalue weighted by Gasteiger charge is 2.07. The first kappa shape index (κ1) is 14.9. The number of hydrogen-bond donors (Lipinski definition) is 2. The number of rotatable bonds is 6. The lowest BCUT2D eigenvalue weighted by Gasteiger charge is -2.03. The lowest BCUT2D eigenvalue weighted by molar-refractivity contribution is 0.499. The first-order valence-corrected chi connectivity index (χ1v) is 8.46. The van der Waals surface area contributed by atoms with Crippen LogP contribution in [0.2, 0.25) is 0 Å². The van der Waals surface area contributed by atoms with E-state index < -0.39 is 0 Å². The summed E-state index contributed by atoms with van der Waals surface area (Å²) in [6.45, 7) is 1.71. The Labute approximate surface area is 133 Å². The molecule has 0 amide bonds. The third kappa shape index (κ3) is 3.23. The Kier molecular flexibility index (Phi) is 4.60. The SMILES string of the molecule is CSCCNCc1ccc(-c2ccc3ncnc(N)c3c2)o1. The van der Waals surface area contributed by atoms with Gasteiger partial charge in [-0.2, -0.15) is 11.8 Å². The normalized spacial score (nSPS) is 11.1. The molecule has 3 rings (SSSR count). The number of hydrogen-bond acceptors (Lipinski definition) is 6. The van der Waals surface area contributed by atoms with E-state index in [0.29, 0.717) is 5.82 Å². The standard InChI is InChI=1S/C16H18N4OS/c1-22-7-6-18-9-12-3-5-15(21-12)11-2-4-14-13(8-11)16(17)20-10-19-14/h2-5,8,10,18H,6-7,9H2,1H3,(H2,17,19,20). The fraction of sp³-hybridized carbons (Fsp3) is 0.250. The van der Waals surface area contributed by atoms with Gasteiger partial charge >= 0.3 is 0 Å². The Balaban J connectivity index is 1.79. The van der Waals surface area contributed by atoms with Gasteiger partial charge in [0.05, 0.1) is 12.1 Å². The van der Waals surface area contributed by atoms with Crippen LogP contribution in [0.1, 0.15) is 5.76 Å². The van der Waals surface area contributed by atoms with Crippen LogP contribution in [0.25, 0.3) is 22.2 Å². The lowest BCUT2D eigenvalue weighted by atomic mass is 10.1. The molecular formula is C16H18N4OS. The molecule has 0 aliphatic carbocycles. The van der Waals surface area contributed by atoms with E-state index in [1.54, 1.807) is 0 Å². The van der Waals surface area contributed by atoms with Gasteiger partial charge in [0.25, 0.3) is 0 Å². The molecule has 6 heteroatoms. The van der Waals surface area contributed by atoms with Gasteiger partial charge in [0.1, 0.15) is 23.7 Å². The van der Waals surface area contributed by atoms with E-state index in [4.69, 9.17) is 10.2 Å². The van der Waals surface area contributed by atoms with Crippen molar-refractivity contribution in [3.8, 4) is 11.3 Å². The van der Waals surface area contributed by atoms with E-state index in [2.05, 4.69) is 21.5 Å². The van der Waals surface area contributed by atoms with Crippen molar-refractivity contribution in [1.29, 1.82) is 0 Å². The molecule has 0 unspecified atom stereocenters. The first-order chi connectivity index (χ1) is 10.8. The number of nitrogens with two attached hydrogens (primary N) is 1. The van der Waals surface area contributed by atoms with Crippen LogP contribution >= 0.6 is 11.8 Å². The maximum absolute atomic E-state index is 5.91. The number of furan rings is 1. The minimum atomic E-state index is 0.484. The van der Waals surface area contributed by atoms with Crippen LogP contribution in [0.15, 0.2) is 41.1 Å². The Hall–Kier alpha value is -2.05. The summed E-state index contributed by atoms with van der Waals surface area (Å²) in [5.41, 5.74) is 7.72. The summed E-state index contributed by atoms with van der Waals surface area (Å²) in [5.74, 6) is 3.33. The van der Waals surface area contributed by atoms with Gasteiger partial charge in [0, 0.05) is 23.2 Å². The zero-order chi connectivity index (χ0) is 15.4. The molecule has 0 saturated heterocycles. The molecule has 0 radical (unpaired) electrons. The number of anilines is 1. The molecule has 0 saturated carbocycles. The number of nitrogens with one attached hydrogen (secondary N) is 1. The highest BCUT2D eigenvalue weighted by Crippen LogP contribution is 2.27. The van der Waals surface area contributed by atoms with Gasteiger partial charge in [-0.25, -0.2) is 9.97 Å². The van der Waals surface area contributed by atoms with Gasteiger partial charge in [-0.15, -0.1) is 0 Å². The average Bonchev–Trinajstić information content (AvgIpc) is 3.01. The molecule has 0 spiro atoms. The predicted octanol–water partition coefficient (Wildman–Crippen LogP) is 2.92. The number of nitrogen functional groups attached to an aromatic ring is 1. The highest BCUT2D eigenvalue weighted by molar-refractivity contribution is 7.98. The van der Waals surface area contributed by atoms with Gasteiger partial charge in [0.15, 0.2) is 0 Å². The second-order valence-corrected chi connectivity index (χ2v) is 5.91. The minimum Gasteiger partial charge on any atom is -0.460 e. The average molecular weight is 314 g/mol. The van der Waals surface area contributed by atoms with Crippen molar-refractivity contribution in [3.05, 3.63) is 42.4 Å². The van der Waals surface area contributed by atoms with E-state index in [-0.39, 0.29) is 0 Å². The van der Waals surface area contributed by atoms with Crippen LogP contribution in [0.3, 0.4) is 0 Å². The summed E-state index contributed by atoms with van der Waals surface area (Å²) in [6, 6.07) is 9.86. The predicted molar refractivity (Wildman–Crippen MR) is 91.7 cm³/mol. The van der Waals surface area contributed by atoms with E-state index >= 15 is 0 Å². The van der Waals surface area contributed by atoms with Crippen molar-refractivity contribution in [2.45, 2.75) is 6.54 Å². The quantitative estimate of drug-likeness (QED) is 0.681. The molecule has 2 aromatic heterocycles. The molecule has 0 bridgehead atoms. The lowest BCUT2D eigenvalue weighted by Crippen LogP contribution is -2.15. The van der Waals surface area contributed by atoms with E-state index in [1.807, 2.05) is 42.1 Å². The van der Waals surface area contributed by atoms with Gasteiger partial charge in [-0.3, -0.25) is 0 Å². The molecule has 0 fully saturated rings. The zero-order valence-corrected chi connectivity index (χ0v) is 13.2. The molecule has 2 heterocycles. The molecule has 0 aliphatic heterocycles. The molecule has 0 aliphatic rings. The number of benzene rings is 1. The van der Waals surface area contributed by atoms with Crippen molar-refractivity contribution in [3.63, 3.8) is 0 Å². The largest absolute Gasteiger partial charge is 0.460 e. The van der Waals surface area contributed by atoms with Crippen LogP contribution in [-0.4, -0.2) is 28.5 Å². The molecule has 114 valence electrons. The third-order valence-electron chi connectivity index (χ3n) is 3.39. The summed E-state index contributed by atoms with van der Waals surface area (Å²) in [4.78, 5) is 8.24. The van der Waals surface area contributed by atoms with Gasteiger partial charge < -0.3 is 15.5 Å². The van der Waals surface area contributed by atoms with Crippen molar-refractivity contribution < 1.29 is 4.42 Å². The second kappa shape index (κ2) is 6.81. The number of nitrogens with zero attached hydrogens (tertiary/aromatic N) is 2. The molecule has 3 N–H and O–H groups in total. The Morgan fingerprint density at radius 3 is 3.00 bits per heavy atom. The van der Waals surface area contributed by atoms with E-state index in [0.717, 1.165) is 46.8 Å². The monoisotopic (exact) mass is 314 g/mol. The van der Waals surface area contributed by atoms with E-state index in [9.17, 15) is 0 Å². The molecule has 3 aromatic rings. The maximum Gasteiger partial charge on any atom is 0.134 e. The fourth-order valence-corrected chi connectivity index (χ4v) is 2.59. The van der Waals surface area contributed by atoms with Crippen molar-refractivity contribution in [2.75, 3.05) is 24.3 Å². The summed E-state index contributed by atoms with van der Waals surface area (Å²) in [5, 5.41) is 4.20. The van der Waals surface area contributed by atoms with Crippen molar-refractivity contribution >= 4 is 28.5 Å². The number of thioether (sulfide) groups is 1. The smallest absolute Gasteiger partial charge is 0.134 e. The van der Waals surface area contributed by atoms with Crippen molar-refractivity contribution in [2.24, 2.45) is 0 Å². The highest BCUT2D eigenvalue weighted by atomic mass is 32.2. The zero-order valence-electron chi connectivity index (χ0n) is 12.4. The Morgan fingerprint density at radius 2 is 2.14 bits per heavy atom. The minimum absolute atomic E-state index is 0.484. The van der Waals surface area contributed by atoms with Crippen molar-refractivity contribution in [1.82, 2.24) is 15.3 Å². The molecule has 5 nitrogen and oxygen atoms in total. The third-order valence-corrected chi connectivity index (χ3v) is 4.01. The summed E-state index contributed by atoms with van der Waals surface area (Å²) in [7, 11) is 0. The number of aromatic nitrogens is 2. The molecular weight excluding hydrogens is 296 g/mol. The maximum atomic E-state index is 5.91. The Bertz CT molecular complexity index is 772. The van der Waals surface area contributed by atoms with Gasteiger partial charge in [-0.05, 0) is 36.6 Å². The van der Waals surface area contributed by atoms with Crippen LogP contribution < -0.4 is 11.1 Å². The molecule has 1 aromatic carbocycles. The van der Waals surface area contributed by atoms with Crippen LogP contribution in [-0.2, 0) is 6.54 Å². The van der Waals surface area contributed by atoms with Crippen LogP contribution in [0, 0.1) is 0 Å². The summed E-state index contributed by atoms with van der Waals surface area (Å²) in [6.07, 6.45) is 3.57. The molecule has 0 atom stereocenters. The Morgan fingerprint density at radius 1 is 1.23 bits per heavy atom. The number of fused-ring (bicyclic) bond motifs is 1. The van der Waals surface area contributed by atoms with Gasteiger partial charge in [-0.1, -0.05) is 0 Å². The molecule has 22 heavy (non-hydrogen) atoms. The van der Waals surface area contributed by atoms with Gasteiger partial charge in [0.2, 0.25) is 0 Å². The van der Waals surface area contributed by atoms with Crippen LogP contribution in [0.4, 0.5) is 5.82 Å². The van der Waals surface area contributed by atoms with E-state index in [1.165, 1.54) is 6.33 Å². The topological polar surface area (TPSA) is 77.0 Å². The first-order valence-electron chi connectivity index (χ1n) is 7.07. The fourth-order valence-electron chi connectivity index (χ4n) is 2.24. The van der Waals surface area contributed by atoms with Crippen LogP contribution in [0.5, 0.6) is 0 Å². The summed E-state index contributed by atoms with van der Waals surface area (Å²) < 4.78 is 5.89.